The maximum Gasteiger partial charge on any atom is 0.355 e. The molecule has 0 saturated carbocycles. The van der Waals surface area contributed by atoms with Gasteiger partial charge in [0.2, 0.25) is 10.0 Å². The smallest absolute Gasteiger partial charge is 0.355 e. The minimum Gasteiger partial charge on any atom is -0.476 e. The van der Waals surface area contributed by atoms with Crippen molar-refractivity contribution in [1.82, 2.24) is 9.29 Å². The number of thiazole rings is 1. The highest BCUT2D eigenvalue weighted by atomic mass is 32.2. The summed E-state index contributed by atoms with van der Waals surface area (Å²) in [6, 6.07) is 0. The van der Waals surface area contributed by atoms with E-state index in [1.54, 1.807) is 6.92 Å². The summed E-state index contributed by atoms with van der Waals surface area (Å²) in [6.45, 7) is 1.84. The molecule has 102 valence electrons. The van der Waals surface area contributed by atoms with Crippen molar-refractivity contribution in [2.45, 2.75) is 6.92 Å². The maximum atomic E-state index is 11.5. The molecule has 0 aliphatic carbocycles. The first-order valence-electron chi connectivity index (χ1n) is 5.09. The van der Waals surface area contributed by atoms with Crippen LogP contribution in [-0.4, -0.2) is 55.2 Å². The largest absolute Gasteiger partial charge is 0.476 e. The van der Waals surface area contributed by atoms with Gasteiger partial charge in [-0.25, -0.2) is 22.5 Å². The van der Waals surface area contributed by atoms with E-state index in [0.29, 0.717) is 10.0 Å². The Morgan fingerprint density at radius 1 is 1.50 bits per heavy atom. The summed E-state index contributed by atoms with van der Waals surface area (Å²) in [7, 11) is -0.329. The third-order valence-electron chi connectivity index (χ3n) is 2.19. The van der Waals surface area contributed by atoms with E-state index in [-0.39, 0.29) is 18.0 Å². The second kappa shape index (κ2) is 5.63. The minimum absolute atomic E-state index is 0.00188. The summed E-state index contributed by atoms with van der Waals surface area (Å²) >= 11 is 1.19. The van der Waals surface area contributed by atoms with Gasteiger partial charge in [0.1, 0.15) is 0 Å². The summed E-state index contributed by atoms with van der Waals surface area (Å²) in [4.78, 5) is 15.2. The monoisotopic (exact) mass is 293 g/mol. The molecule has 2 N–H and O–H groups in total. The highest BCUT2D eigenvalue weighted by molar-refractivity contribution is 7.89. The molecule has 0 amide bonds. The number of nitrogens with one attached hydrogen (secondary N) is 1. The van der Waals surface area contributed by atoms with Crippen molar-refractivity contribution < 1.29 is 18.3 Å². The summed E-state index contributed by atoms with van der Waals surface area (Å²) in [5.41, 5.74) is -0.00188. The molecular formula is C9H15N3O4S2. The quantitative estimate of drug-likeness (QED) is 0.790. The number of aromatic nitrogens is 1. The topological polar surface area (TPSA) is 99.6 Å². The molecule has 0 bridgehead atoms. The van der Waals surface area contributed by atoms with Crippen LogP contribution in [0.15, 0.2) is 0 Å². The molecule has 0 aliphatic rings. The molecule has 18 heavy (non-hydrogen) atoms. The lowest BCUT2D eigenvalue weighted by Gasteiger charge is -2.10. The van der Waals surface area contributed by atoms with Crippen molar-refractivity contribution in [3.8, 4) is 0 Å². The van der Waals surface area contributed by atoms with E-state index in [9.17, 15) is 13.2 Å². The number of carbonyl (C=O) groups is 1. The van der Waals surface area contributed by atoms with E-state index >= 15 is 0 Å². The molecule has 9 heteroatoms. The van der Waals surface area contributed by atoms with Crippen LogP contribution in [0.4, 0.5) is 5.13 Å². The molecule has 0 fully saturated rings. The Bertz CT molecular complexity index is 536. The lowest BCUT2D eigenvalue weighted by atomic mass is 10.4. The van der Waals surface area contributed by atoms with Crippen LogP contribution in [0.25, 0.3) is 0 Å². The molecule has 0 aliphatic heterocycles. The number of nitrogens with zero attached hydrogens (tertiary/aromatic N) is 2. The number of hydrogen-bond acceptors (Lipinski definition) is 6. The number of aryl methyl sites for hydroxylation is 1. The lowest BCUT2D eigenvalue weighted by molar-refractivity contribution is 0.0690. The van der Waals surface area contributed by atoms with E-state index < -0.39 is 16.0 Å². The van der Waals surface area contributed by atoms with Crippen LogP contribution in [0.3, 0.4) is 0 Å². The van der Waals surface area contributed by atoms with Crippen molar-refractivity contribution >= 4 is 32.5 Å². The van der Waals surface area contributed by atoms with Gasteiger partial charge in [-0.3, -0.25) is 0 Å². The third-order valence-corrected chi connectivity index (χ3v) is 4.95. The zero-order chi connectivity index (χ0) is 13.9. The van der Waals surface area contributed by atoms with E-state index in [1.165, 1.54) is 25.4 Å². The molecule has 7 nitrogen and oxygen atoms in total. The molecule has 0 spiro atoms. The number of rotatable bonds is 6. The van der Waals surface area contributed by atoms with Crippen LogP contribution in [0.1, 0.15) is 15.4 Å². The molecular weight excluding hydrogens is 278 g/mol. The Labute approximate surface area is 110 Å². The average molecular weight is 293 g/mol. The number of carboxylic acid groups (broad SMARTS) is 1. The lowest BCUT2D eigenvalue weighted by Crippen LogP contribution is -2.28. The normalized spacial score (nSPS) is 11.8. The predicted octanol–water partition coefficient (Wildman–Crippen LogP) is 0.453. The molecule has 0 saturated heterocycles. The van der Waals surface area contributed by atoms with Crippen molar-refractivity contribution in [2.75, 3.05) is 31.7 Å². The van der Waals surface area contributed by atoms with Gasteiger partial charge in [0, 0.05) is 25.5 Å². The van der Waals surface area contributed by atoms with Crippen LogP contribution in [-0.2, 0) is 10.0 Å². The minimum atomic E-state index is -3.26. The molecule has 0 unspecified atom stereocenters. The van der Waals surface area contributed by atoms with Crippen LogP contribution < -0.4 is 5.32 Å². The van der Waals surface area contributed by atoms with Crippen molar-refractivity contribution in [2.24, 2.45) is 0 Å². The van der Waals surface area contributed by atoms with Gasteiger partial charge in [-0.1, -0.05) is 0 Å². The van der Waals surface area contributed by atoms with Crippen LogP contribution in [0.5, 0.6) is 0 Å². The van der Waals surface area contributed by atoms with E-state index in [4.69, 9.17) is 5.11 Å². The molecule has 1 rings (SSSR count). The Kier molecular flexibility index (Phi) is 4.65. The first-order chi connectivity index (χ1) is 8.24. The van der Waals surface area contributed by atoms with Crippen molar-refractivity contribution in [3.63, 3.8) is 0 Å². The number of hydrogen-bond donors (Lipinski definition) is 2. The van der Waals surface area contributed by atoms with Crippen LogP contribution in [0, 0.1) is 6.92 Å². The summed E-state index contributed by atoms with van der Waals surface area (Å²) < 4.78 is 24.1. The first kappa shape index (κ1) is 14.9. The first-order valence-corrected chi connectivity index (χ1v) is 7.51. The molecule has 0 radical (unpaired) electrons. The van der Waals surface area contributed by atoms with Crippen molar-refractivity contribution in [1.29, 1.82) is 0 Å². The summed E-state index contributed by atoms with van der Waals surface area (Å²) in [5, 5.41) is 12.0. The second-order valence-electron chi connectivity index (χ2n) is 3.75. The molecule has 1 aromatic rings. The average Bonchev–Trinajstić information content (AvgIpc) is 2.59. The summed E-state index contributed by atoms with van der Waals surface area (Å²) in [6.07, 6.45) is 0. The Morgan fingerprint density at radius 2 is 2.11 bits per heavy atom. The van der Waals surface area contributed by atoms with E-state index in [1.807, 2.05) is 0 Å². The molecule has 0 atom stereocenters. The van der Waals surface area contributed by atoms with Gasteiger partial charge in [0.25, 0.3) is 0 Å². The third kappa shape index (κ3) is 3.65. The van der Waals surface area contributed by atoms with Gasteiger partial charge >= 0.3 is 5.97 Å². The Balaban J connectivity index is 2.60. The van der Waals surface area contributed by atoms with E-state index in [0.717, 1.165) is 4.31 Å². The van der Waals surface area contributed by atoms with Gasteiger partial charge in [-0.05, 0) is 6.92 Å². The van der Waals surface area contributed by atoms with Gasteiger partial charge in [0.05, 0.1) is 5.75 Å². The highest BCUT2D eigenvalue weighted by Gasteiger charge is 2.16. The van der Waals surface area contributed by atoms with Crippen LogP contribution in [0.2, 0.25) is 0 Å². The number of anilines is 1. The predicted molar refractivity (Wildman–Crippen MR) is 69.8 cm³/mol. The molecule has 1 aromatic heterocycles. The standard InChI is InChI=1S/C9H15N3O4S2/c1-6-7(8(13)14)11-9(17-6)10-4-5-18(15,16)12(2)3/h4-5H2,1-3H3,(H,10,11)(H,13,14). The molecule has 0 aromatic carbocycles. The zero-order valence-electron chi connectivity index (χ0n) is 10.3. The fourth-order valence-corrected chi connectivity index (χ4v) is 2.70. The van der Waals surface area contributed by atoms with Gasteiger partial charge in [0.15, 0.2) is 10.8 Å². The van der Waals surface area contributed by atoms with Gasteiger partial charge < -0.3 is 10.4 Å². The van der Waals surface area contributed by atoms with Gasteiger partial charge in [-0.15, -0.1) is 11.3 Å². The highest BCUT2D eigenvalue weighted by Crippen LogP contribution is 2.21. The van der Waals surface area contributed by atoms with Crippen molar-refractivity contribution in [3.05, 3.63) is 10.6 Å². The molecule has 1 heterocycles. The number of sulfonamides is 1. The SMILES string of the molecule is Cc1sc(NCCS(=O)(=O)N(C)C)nc1C(=O)O. The Hall–Kier alpha value is -1.19. The fourth-order valence-electron chi connectivity index (χ4n) is 1.14. The zero-order valence-corrected chi connectivity index (χ0v) is 11.9. The second-order valence-corrected chi connectivity index (χ2v) is 7.26. The summed E-state index contributed by atoms with van der Waals surface area (Å²) in [5.74, 6) is -1.15. The van der Waals surface area contributed by atoms with Gasteiger partial charge in [-0.2, -0.15) is 0 Å². The van der Waals surface area contributed by atoms with E-state index in [2.05, 4.69) is 10.3 Å². The Morgan fingerprint density at radius 3 is 2.56 bits per heavy atom. The number of carboxylic acids is 1. The maximum absolute atomic E-state index is 11.5. The number of aromatic carboxylic acids is 1. The van der Waals surface area contributed by atoms with Crippen LogP contribution >= 0.6 is 11.3 Å². The fraction of sp³-hybridized carbons (Fsp3) is 0.556.